The first-order valence-electron chi connectivity index (χ1n) is 26.7. The van der Waals surface area contributed by atoms with Crippen LogP contribution in [-0.2, 0) is 19.2 Å². The number of carbonyl (C=O) groups is 8. The van der Waals surface area contributed by atoms with Crippen molar-refractivity contribution in [2.24, 2.45) is 34.4 Å². The number of anilines is 4. The fourth-order valence-electron chi connectivity index (χ4n) is 8.42. The van der Waals surface area contributed by atoms with Crippen molar-refractivity contribution in [2.45, 2.75) is 101 Å². The molecule has 0 saturated carbocycles. The third-order valence-corrected chi connectivity index (χ3v) is 12.9. The third-order valence-electron chi connectivity index (χ3n) is 12.9. The minimum absolute atomic E-state index is 0.0325. The number of unbranched alkanes of at least 4 members (excludes halogenated alkanes) is 4. The van der Waals surface area contributed by atoms with Crippen molar-refractivity contribution in [3.63, 3.8) is 0 Å². The zero-order valence-corrected chi connectivity index (χ0v) is 46.4. The van der Waals surface area contributed by atoms with Crippen LogP contribution in [0.1, 0.15) is 118 Å². The summed E-state index contributed by atoms with van der Waals surface area (Å²) in [5, 5.41) is 19.3. The Morgan fingerprint density at radius 2 is 0.642 bits per heavy atom. The van der Waals surface area contributed by atoms with Gasteiger partial charge in [-0.3, -0.25) is 38.4 Å². The Morgan fingerprint density at radius 1 is 0.383 bits per heavy atom. The Balaban J connectivity index is 1.55. The SMILES string of the molecule is COc1ccc(NC(=O)[C@H](CCCCN)NC(=O)c2cc(NC(=O)[C@H](CCCCN)NC(=O)c3cc(NC(=O)[C@H](CCCCN)NC(=O)c4cc(NC(=O)[C@@H](N)CCCCN)ccc4OC)ccc3OC)ccc2OC)cc1C(N)=O. The second-order valence-corrected chi connectivity index (χ2v) is 18.8. The minimum atomic E-state index is -1.17. The van der Waals surface area contributed by atoms with Crippen LogP contribution in [0, 0.1) is 0 Å². The van der Waals surface area contributed by atoms with Gasteiger partial charge in [0.2, 0.25) is 23.6 Å². The molecule has 4 rings (SSSR count). The van der Waals surface area contributed by atoms with Crippen molar-refractivity contribution in [1.82, 2.24) is 16.0 Å². The molecule has 25 nitrogen and oxygen atoms in total. The van der Waals surface area contributed by atoms with Crippen LogP contribution in [0.4, 0.5) is 22.7 Å². The molecular weight excluding hydrogens is 1050 g/mol. The molecule has 0 saturated heterocycles. The fraction of sp³-hybridized carbons (Fsp3) is 0.429. The average molecular weight is 1130 g/mol. The molecule has 81 heavy (non-hydrogen) atoms. The lowest BCUT2D eigenvalue weighted by Crippen LogP contribution is -2.44. The van der Waals surface area contributed by atoms with Gasteiger partial charge in [0.25, 0.3) is 23.6 Å². The zero-order chi connectivity index (χ0) is 59.4. The van der Waals surface area contributed by atoms with Gasteiger partial charge >= 0.3 is 0 Å². The molecule has 0 aliphatic carbocycles. The topological polar surface area (TPSA) is 414 Å². The van der Waals surface area contributed by atoms with Gasteiger partial charge in [-0.1, -0.05) is 6.42 Å². The number of carbonyl (C=O) groups excluding carboxylic acids is 8. The van der Waals surface area contributed by atoms with E-state index in [1.807, 2.05) is 0 Å². The average Bonchev–Trinajstić information content (AvgIpc) is 3.48. The van der Waals surface area contributed by atoms with Crippen LogP contribution in [0.5, 0.6) is 23.0 Å². The first-order chi connectivity index (χ1) is 38.9. The van der Waals surface area contributed by atoms with Gasteiger partial charge in [-0.05, 0) is 170 Å². The van der Waals surface area contributed by atoms with E-state index in [1.165, 1.54) is 95.2 Å². The molecule has 0 unspecified atom stereocenters. The molecule has 0 spiro atoms. The molecule has 25 heteroatoms. The molecule has 4 atom stereocenters. The maximum Gasteiger partial charge on any atom is 0.255 e. The van der Waals surface area contributed by atoms with Crippen LogP contribution >= 0.6 is 0 Å². The summed E-state index contributed by atoms with van der Waals surface area (Å²) in [7, 11) is 5.44. The predicted molar refractivity (Wildman–Crippen MR) is 308 cm³/mol. The summed E-state index contributed by atoms with van der Waals surface area (Å²) in [5.41, 5.74) is 35.3. The highest BCUT2D eigenvalue weighted by molar-refractivity contribution is 6.07. The van der Waals surface area contributed by atoms with Gasteiger partial charge in [0.1, 0.15) is 41.1 Å². The Hall–Kier alpha value is -8.36. The first-order valence-corrected chi connectivity index (χ1v) is 26.7. The van der Waals surface area contributed by atoms with Gasteiger partial charge in [0.05, 0.1) is 56.7 Å². The lowest BCUT2D eigenvalue weighted by Gasteiger charge is -2.22. The number of amides is 8. The Labute approximate surface area is 471 Å². The van der Waals surface area contributed by atoms with E-state index in [-0.39, 0.29) is 87.3 Å². The van der Waals surface area contributed by atoms with Crippen LogP contribution in [0.15, 0.2) is 72.8 Å². The number of benzene rings is 4. The Morgan fingerprint density at radius 3 is 0.914 bits per heavy atom. The summed E-state index contributed by atoms with van der Waals surface area (Å²) in [4.78, 5) is 109. The largest absolute Gasteiger partial charge is 0.496 e. The van der Waals surface area contributed by atoms with E-state index in [4.69, 9.17) is 53.3 Å². The van der Waals surface area contributed by atoms with E-state index in [9.17, 15) is 38.4 Å². The summed E-state index contributed by atoms with van der Waals surface area (Å²) in [6.07, 6.45) is 5.28. The number of rotatable bonds is 35. The van der Waals surface area contributed by atoms with Crippen LogP contribution in [0.25, 0.3) is 0 Å². The number of methoxy groups -OCH3 is 4. The number of nitrogens with two attached hydrogens (primary N) is 6. The molecule has 4 aromatic rings. The van der Waals surface area contributed by atoms with Gasteiger partial charge in [-0.15, -0.1) is 0 Å². The quantitative estimate of drug-likeness (QED) is 0.0295. The maximum atomic E-state index is 14.2. The molecule has 0 aromatic heterocycles. The van der Waals surface area contributed by atoms with Gasteiger partial charge in [-0.2, -0.15) is 0 Å². The lowest BCUT2D eigenvalue weighted by molar-refractivity contribution is -0.118. The van der Waals surface area contributed by atoms with E-state index in [2.05, 4.69) is 37.2 Å². The molecule has 8 amide bonds. The Kier molecular flexibility index (Phi) is 27.3. The Bertz CT molecular complexity index is 2800. The van der Waals surface area contributed by atoms with Crippen LogP contribution in [0.3, 0.4) is 0 Å². The number of nitrogens with one attached hydrogen (secondary N) is 7. The van der Waals surface area contributed by atoms with Crippen molar-refractivity contribution < 1.29 is 57.3 Å². The highest BCUT2D eigenvalue weighted by atomic mass is 16.5. The second-order valence-electron chi connectivity index (χ2n) is 18.8. The summed E-state index contributed by atoms with van der Waals surface area (Å²) in [6.45, 7) is 1.46. The molecule has 0 bridgehead atoms. The van der Waals surface area contributed by atoms with Gasteiger partial charge in [-0.25, -0.2) is 0 Å². The smallest absolute Gasteiger partial charge is 0.255 e. The van der Waals surface area contributed by atoms with Crippen LogP contribution < -0.4 is 90.6 Å². The van der Waals surface area contributed by atoms with Crippen LogP contribution in [0.2, 0.25) is 0 Å². The number of hydrogen-bond acceptors (Lipinski definition) is 17. The highest BCUT2D eigenvalue weighted by Crippen LogP contribution is 2.28. The predicted octanol–water partition coefficient (Wildman–Crippen LogP) is 2.81. The van der Waals surface area contributed by atoms with Crippen molar-refractivity contribution in [3.05, 3.63) is 95.1 Å². The van der Waals surface area contributed by atoms with Crippen molar-refractivity contribution >= 4 is 70.0 Å². The molecule has 0 heterocycles. The maximum absolute atomic E-state index is 14.2. The molecule has 0 fully saturated rings. The molecule has 19 N–H and O–H groups in total. The van der Waals surface area contributed by atoms with E-state index in [0.29, 0.717) is 84.0 Å². The van der Waals surface area contributed by atoms with Crippen LogP contribution in [-0.4, -0.2) is 126 Å². The summed E-state index contributed by atoms with van der Waals surface area (Å²) in [6, 6.07) is 13.3. The normalized spacial score (nSPS) is 12.3. The summed E-state index contributed by atoms with van der Waals surface area (Å²) < 4.78 is 21.7. The van der Waals surface area contributed by atoms with E-state index < -0.39 is 71.4 Å². The molecular formula is C56H79N13O12. The van der Waals surface area contributed by atoms with Crippen molar-refractivity contribution in [3.8, 4) is 23.0 Å². The molecule has 4 aromatic carbocycles. The van der Waals surface area contributed by atoms with Gasteiger partial charge < -0.3 is 90.6 Å². The van der Waals surface area contributed by atoms with E-state index >= 15 is 0 Å². The first kappa shape index (κ1) is 65.2. The third kappa shape index (κ3) is 20.0. The van der Waals surface area contributed by atoms with E-state index in [1.54, 1.807) is 6.07 Å². The highest BCUT2D eigenvalue weighted by Gasteiger charge is 2.29. The number of hydrogen-bond donors (Lipinski definition) is 13. The van der Waals surface area contributed by atoms with E-state index in [0.717, 1.165) is 0 Å². The summed E-state index contributed by atoms with van der Waals surface area (Å²) in [5.74, 6) is -4.64. The molecule has 0 aliphatic rings. The van der Waals surface area contributed by atoms with Gasteiger partial charge in [0, 0.05) is 22.7 Å². The lowest BCUT2D eigenvalue weighted by atomic mass is 10.1. The zero-order valence-electron chi connectivity index (χ0n) is 46.4. The number of primary amides is 1. The van der Waals surface area contributed by atoms with Crippen molar-refractivity contribution in [2.75, 3.05) is 75.9 Å². The minimum Gasteiger partial charge on any atom is -0.496 e. The molecule has 0 radical (unpaired) electrons. The molecule has 0 aliphatic heterocycles. The number of ether oxygens (including phenoxy) is 4. The van der Waals surface area contributed by atoms with Gasteiger partial charge in [0.15, 0.2) is 0 Å². The standard InChI is InChI=1S/C56H79N13O12/c1-78-45-21-17-33(29-37(45)49(62)70)64-54(75)42(14-6-10-26-58)67-51(72)39-31-35(19-23-47(39)80-3)66-56(77)44(16-8-12-28-60)69-52(73)40-32-36(20-24-48(40)81-4)65-55(76)43(15-7-11-27-59)68-50(71)38-30-34(18-22-46(38)79-2)63-53(74)41(61)13-5-9-25-57/h17-24,29-32,41-44H,5-16,25-28,57-61H2,1-4H3,(H2,62,70)(H,63,74)(H,64,75)(H,65,76)(H,66,77)(H,67,72)(H,68,71)(H,69,73)/t41-,42-,43-,44-/m0/s1. The fourth-order valence-corrected chi connectivity index (χ4v) is 8.42. The summed E-state index contributed by atoms with van der Waals surface area (Å²) >= 11 is 0. The molecule has 440 valence electrons. The monoisotopic (exact) mass is 1130 g/mol. The van der Waals surface area contributed by atoms with Crippen molar-refractivity contribution in [1.29, 1.82) is 0 Å². The second kappa shape index (κ2) is 33.9.